The molecule has 2 aromatic rings. The van der Waals surface area contributed by atoms with Crippen LogP contribution in [0.25, 0.3) is 0 Å². The molecule has 1 aromatic carbocycles. The van der Waals surface area contributed by atoms with Crippen molar-refractivity contribution in [3.63, 3.8) is 0 Å². The van der Waals surface area contributed by atoms with Gasteiger partial charge in [-0.1, -0.05) is 15.9 Å². The van der Waals surface area contributed by atoms with Crippen molar-refractivity contribution < 1.29 is 4.74 Å². The van der Waals surface area contributed by atoms with Crippen LogP contribution in [0.1, 0.15) is 12.5 Å². The molecule has 0 saturated heterocycles. The minimum absolute atomic E-state index is 0.593. The Morgan fingerprint density at radius 1 is 1.32 bits per heavy atom. The lowest BCUT2D eigenvalue weighted by atomic mass is 10.2. The number of hydrogen-bond donors (Lipinski definition) is 1. The second kappa shape index (κ2) is 6.21. The summed E-state index contributed by atoms with van der Waals surface area (Å²) in [5.41, 5.74) is 2.26. The van der Waals surface area contributed by atoms with Crippen LogP contribution < -0.4 is 10.1 Å². The number of aromatic nitrogens is 1. The molecule has 4 nitrogen and oxygen atoms in total. The molecule has 0 unspecified atom stereocenters. The molecule has 0 spiro atoms. The van der Waals surface area contributed by atoms with Gasteiger partial charge in [0, 0.05) is 16.2 Å². The van der Waals surface area contributed by atoms with Gasteiger partial charge in [-0.2, -0.15) is 5.26 Å². The first-order valence-corrected chi connectivity index (χ1v) is 6.57. The number of hydrogen-bond acceptors (Lipinski definition) is 4. The van der Waals surface area contributed by atoms with Crippen LogP contribution in [-0.4, -0.2) is 11.6 Å². The number of nitriles is 1. The largest absolute Gasteiger partial charge is 0.478 e. The lowest BCUT2D eigenvalue weighted by Gasteiger charge is -2.08. The first-order chi connectivity index (χ1) is 9.21. The standard InChI is InChI=1S/C14H12BrN3O/c1-2-19-14-4-3-12(9-17-14)18-13-6-10(8-16)5-11(15)7-13/h3-7,9,18H,2H2,1H3. The molecule has 1 N–H and O–H groups in total. The maximum atomic E-state index is 8.92. The quantitative estimate of drug-likeness (QED) is 0.930. The van der Waals surface area contributed by atoms with E-state index in [9.17, 15) is 0 Å². The Hall–Kier alpha value is -2.06. The van der Waals surface area contributed by atoms with Gasteiger partial charge < -0.3 is 10.1 Å². The van der Waals surface area contributed by atoms with Gasteiger partial charge in [0.15, 0.2) is 0 Å². The molecular weight excluding hydrogens is 306 g/mol. The van der Waals surface area contributed by atoms with Crippen LogP contribution in [0.15, 0.2) is 41.0 Å². The van der Waals surface area contributed by atoms with Gasteiger partial charge in [0.1, 0.15) is 0 Å². The van der Waals surface area contributed by atoms with E-state index >= 15 is 0 Å². The van der Waals surface area contributed by atoms with E-state index in [1.54, 1.807) is 24.4 Å². The number of benzene rings is 1. The highest BCUT2D eigenvalue weighted by atomic mass is 79.9. The van der Waals surface area contributed by atoms with Gasteiger partial charge in [-0.15, -0.1) is 0 Å². The lowest BCUT2D eigenvalue weighted by molar-refractivity contribution is 0.327. The molecule has 0 atom stereocenters. The predicted octanol–water partition coefficient (Wildman–Crippen LogP) is 3.86. The molecule has 1 heterocycles. The molecule has 1 aromatic heterocycles. The minimum Gasteiger partial charge on any atom is -0.478 e. The van der Waals surface area contributed by atoms with Gasteiger partial charge >= 0.3 is 0 Å². The third kappa shape index (κ3) is 3.70. The summed E-state index contributed by atoms with van der Waals surface area (Å²) in [7, 11) is 0. The summed E-state index contributed by atoms with van der Waals surface area (Å²) < 4.78 is 6.13. The van der Waals surface area contributed by atoms with Crippen LogP contribution >= 0.6 is 15.9 Å². The topological polar surface area (TPSA) is 57.9 Å². The highest BCUT2D eigenvalue weighted by Gasteiger charge is 2.01. The second-order valence-corrected chi connectivity index (χ2v) is 4.70. The zero-order valence-corrected chi connectivity index (χ0v) is 11.9. The summed E-state index contributed by atoms with van der Waals surface area (Å²) in [6.45, 7) is 2.51. The first kappa shape index (κ1) is 13.4. The molecule has 0 aliphatic rings. The Bertz CT molecular complexity index is 605. The highest BCUT2D eigenvalue weighted by molar-refractivity contribution is 9.10. The van der Waals surface area contributed by atoms with Crippen molar-refractivity contribution in [3.8, 4) is 11.9 Å². The summed E-state index contributed by atoms with van der Waals surface area (Å²) >= 11 is 3.37. The van der Waals surface area contributed by atoms with Gasteiger partial charge in [-0.05, 0) is 31.2 Å². The summed E-state index contributed by atoms with van der Waals surface area (Å²) in [4.78, 5) is 4.17. The molecule has 0 amide bonds. The fraction of sp³-hybridized carbons (Fsp3) is 0.143. The third-order valence-corrected chi connectivity index (χ3v) is 2.80. The Morgan fingerprint density at radius 3 is 2.79 bits per heavy atom. The molecule has 0 radical (unpaired) electrons. The zero-order chi connectivity index (χ0) is 13.7. The average Bonchev–Trinajstić information content (AvgIpc) is 2.40. The van der Waals surface area contributed by atoms with E-state index in [4.69, 9.17) is 10.00 Å². The van der Waals surface area contributed by atoms with Crippen molar-refractivity contribution in [3.05, 3.63) is 46.6 Å². The molecule has 96 valence electrons. The van der Waals surface area contributed by atoms with E-state index in [0.29, 0.717) is 18.1 Å². The third-order valence-electron chi connectivity index (χ3n) is 2.34. The van der Waals surface area contributed by atoms with E-state index in [0.717, 1.165) is 15.8 Å². The van der Waals surface area contributed by atoms with E-state index in [2.05, 4.69) is 32.3 Å². The second-order valence-electron chi connectivity index (χ2n) is 3.78. The minimum atomic E-state index is 0.593. The number of nitrogens with one attached hydrogen (secondary N) is 1. The van der Waals surface area contributed by atoms with Gasteiger partial charge in [0.25, 0.3) is 0 Å². The number of nitrogens with zero attached hydrogens (tertiary/aromatic N) is 2. The number of rotatable bonds is 4. The Balaban J connectivity index is 2.17. The van der Waals surface area contributed by atoms with Crippen molar-refractivity contribution >= 4 is 27.3 Å². The first-order valence-electron chi connectivity index (χ1n) is 5.78. The number of pyridine rings is 1. The van der Waals surface area contributed by atoms with Crippen molar-refractivity contribution in [2.75, 3.05) is 11.9 Å². The van der Waals surface area contributed by atoms with Gasteiger partial charge in [-0.3, -0.25) is 0 Å². The van der Waals surface area contributed by atoms with E-state index in [1.807, 2.05) is 19.1 Å². The van der Waals surface area contributed by atoms with Crippen LogP contribution in [-0.2, 0) is 0 Å². The Labute approximate surface area is 120 Å². The van der Waals surface area contributed by atoms with Gasteiger partial charge in [-0.25, -0.2) is 4.98 Å². The molecule has 0 aliphatic carbocycles. The van der Waals surface area contributed by atoms with Crippen molar-refractivity contribution in [1.82, 2.24) is 4.98 Å². The zero-order valence-electron chi connectivity index (χ0n) is 10.4. The molecule has 0 fully saturated rings. The Morgan fingerprint density at radius 2 is 2.16 bits per heavy atom. The number of anilines is 2. The maximum absolute atomic E-state index is 8.92. The van der Waals surface area contributed by atoms with Crippen molar-refractivity contribution in [2.24, 2.45) is 0 Å². The van der Waals surface area contributed by atoms with Crippen LogP contribution in [0.5, 0.6) is 5.88 Å². The van der Waals surface area contributed by atoms with E-state index in [-0.39, 0.29) is 0 Å². The molecule has 0 aliphatic heterocycles. The van der Waals surface area contributed by atoms with Crippen LogP contribution in [0, 0.1) is 11.3 Å². The molecular formula is C14H12BrN3O. The molecule has 0 bridgehead atoms. The molecule has 2 rings (SSSR count). The number of ether oxygens (including phenoxy) is 1. The summed E-state index contributed by atoms with van der Waals surface area (Å²) in [6.07, 6.45) is 1.69. The van der Waals surface area contributed by atoms with Crippen molar-refractivity contribution in [2.45, 2.75) is 6.92 Å². The lowest BCUT2D eigenvalue weighted by Crippen LogP contribution is -1.96. The maximum Gasteiger partial charge on any atom is 0.213 e. The Kier molecular flexibility index (Phi) is 4.37. The van der Waals surface area contributed by atoms with Gasteiger partial charge in [0.2, 0.25) is 5.88 Å². The van der Waals surface area contributed by atoms with Crippen LogP contribution in [0.3, 0.4) is 0 Å². The van der Waals surface area contributed by atoms with Crippen LogP contribution in [0.2, 0.25) is 0 Å². The monoisotopic (exact) mass is 317 g/mol. The molecule has 0 saturated carbocycles. The normalized spacial score (nSPS) is 9.74. The highest BCUT2D eigenvalue weighted by Crippen LogP contribution is 2.23. The van der Waals surface area contributed by atoms with E-state index < -0.39 is 0 Å². The van der Waals surface area contributed by atoms with E-state index in [1.165, 1.54) is 0 Å². The fourth-order valence-corrected chi connectivity index (χ4v) is 2.07. The molecule has 5 heteroatoms. The summed E-state index contributed by atoms with van der Waals surface area (Å²) in [5.74, 6) is 0.597. The smallest absolute Gasteiger partial charge is 0.213 e. The fourth-order valence-electron chi connectivity index (χ4n) is 1.58. The summed E-state index contributed by atoms with van der Waals surface area (Å²) in [5, 5.41) is 12.1. The number of halogens is 1. The average molecular weight is 318 g/mol. The predicted molar refractivity (Wildman–Crippen MR) is 77.5 cm³/mol. The summed E-state index contributed by atoms with van der Waals surface area (Å²) in [6, 6.07) is 11.2. The van der Waals surface area contributed by atoms with Crippen molar-refractivity contribution in [1.29, 1.82) is 5.26 Å². The molecule has 19 heavy (non-hydrogen) atoms. The SMILES string of the molecule is CCOc1ccc(Nc2cc(Br)cc(C#N)c2)cn1. The van der Waals surface area contributed by atoms with Gasteiger partial charge in [0.05, 0.1) is 30.1 Å². The van der Waals surface area contributed by atoms with Crippen LogP contribution in [0.4, 0.5) is 11.4 Å².